The molecule has 0 saturated heterocycles. The molecule has 0 rings (SSSR count). The Balaban J connectivity index is -0.0000000800. The second kappa shape index (κ2) is 6.49. The maximum Gasteiger partial charge on any atom is 2.00 e. The van der Waals surface area contributed by atoms with Gasteiger partial charge in [0, 0.05) is 0 Å². The second-order valence-electron chi connectivity index (χ2n) is 0.447. The monoisotopic (exact) mass is 158 g/mol. The van der Waals surface area contributed by atoms with Crippen molar-refractivity contribution >= 4 is 45.6 Å². The predicted octanol–water partition coefficient (Wildman–Crippen LogP) is -6.20. The van der Waals surface area contributed by atoms with E-state index in [9.17, 15) is 0 Å². The van der Waals surface area contributed by atoms with E-state index in [0.717, 1.165) is 0 Å². The van der Waals surface area contributed by atoms with Crippen LogP contribution < -0.4 is 44.2 Å². The first kappa shape index (κ1) is 16.2. The van der Waals surface area contributed by atoms with E-state index < -0.39 is 7.82 Å². The van der Waals surface area contributed by atoms with Gasteiger partial charge in [-0.15, -0.1) is 0 Å². The zero-order valence-electron chi connectivity index (χ0n) is 3.79. The van der Waals surface area contributed by atoms with Crippen molar-refractivity contribution in [1.29, 1.82) is 0 Å². The summed E-state index contributed by atoms with van der Waals surface area (Å²) in [6, 6.07) is 0. The molecule has 0 N–H and O–H groups in total. The predicted molar refractivity (Wildman–Crippen MR) is 13.4 cm³/mol. The van der Waals surface area contributed by atoms with E-state index in [-0.39, 0.29) is 67.3 Å². The van der Waals surface area contributed by atoms with E-state index in [1.165, 1.54) is 0 Å². The fourth-order valence-corrected chi connectivity index (χ4v) is 0. The Morgan fingerprint density at radius 2 is 1.14 bits per heavy atom. The van der Waals surface area contributed by atoms with Gasteiger partial charge in [0.05, 0.1) is 0 Å². The minimum absolute atomic E-state index is 0. The van der Waals surface area contributed by atoms with E-state index in [0.29, 0.717) is 0 Å². The fourth-order valence-electron chi connectivity index (χ4n) is 0. The molecule has 0 amide bonds. The third-order valence-electron chi connectivity index (χ3n) is 0. The molecule has 7 heavy (non-hydrogen) atoms. The first-order valence-corrected chi connectivity index (χ1v) is 2.19. The van der Waals surface area contributed by atoms with E-state index in [2.05, 4.69) is 0 Å². The van der Waals surface area contributed by atoms with Crippen LogP contribution in [-0.2, 0) is 4.57 Å². The summed E-state index contributed by atoms with van der Waals surface area (Å²) in [5, 5.41) is 0. The van der Waals surface area contributed by atoms with Gasteiger partial charge in [0.15, 0.2) is 0 Å². The maximum atomic E-state index is 8.55. The topological polar surface area (TPSA) is 86.2 Å². The van der Waals surface area contributed by atoms with Crippen molar-refractivity contribution in [3.05, 3.63) is 0 Å². The fraction of sp³-hybridized carbons (Fsp3) is 0. The van der Waals surface area contributed by atoms with Crippen molar-refractivity contribution < 1.29 is 48.8 Å². The smallest absolute Gasteiger partial charge is 0.822 e. The van der Waals surface area contributed by atoms with Gasteiger partial charge >= 0.3 is 67.3 Å². The number of hydrogen-bond donors (Lipinski definition) is 0. The molecule has 0 aromatic heterocycles. The van der Waals surface area contributed by atoms with Crippen LogP contribution in [0, 0.1) is 0 Å². The van der Waals surface area contributed by atoms with Crippen molar-refractivity contribution in [2.24, 2.45) is 0 Å². The summed E-state index contributed by atoms with van der Waals surface area (Å²) in [5.74, 6) is 0. The summed E-state index contributed by atoms with van der Waals surface area (Å²) < 4.78 is 8.55. The van der Waals surface area contributed by atoms with Crippen LogP contribution in [0.2, 0.25) is 0 Å². The Kier molecular flexibility index (Phi) is 15.0. The Morgan fingerprint density at radius 1 is 1.14 bits per heavy atom. The zero-order valence-corrected chi connectivity index (χ0v) is 8.89. The molecule has 7 heteroatoms. The van der Waals surface area contributed by atoms with Crippen molar-refractivity contribution in [2.75, 3.05) is 0 Å². The second-order valence-corrected chi connectivity index (χ2v) is 1.34. The summed E-state index contributed by atoms with van der Waals surface area (Å²) in [7, 11) is -5.39. The zero-order chi connectivity index (χ0) is 4.50. The van der Waals surface area contributed by atoms with Crippen molar-refractivity contribution in [2.45, 2.75) is 0 Å². The summed E-state index contributed by atoms with van der Waals surface area (Å²) in [5.41, 5.74) is 0. The molecule has 0 atom stereocenters. The van der Waals surface area contributed by atoms with E-state index in [4.69, 9.17) is 19.2 Å². The number of hydrogen-bond acceptors (Lipinski definition) is 4. The molecule has 0 aromatic carbocycles. The van der Waals surface area contributed by atoms with E-state index in [1.807, 2.05) is 0 Å². The number of rotatable bonds is 0. The van der Waals surface area contributed by atoms with Crippen LogP contribution in [0.3, 0.4) is 0 Å². The molecular formula is CaNaO4P. The number of phosphoric acid groups is 1. The average Bonchev–Trinajstić information content (AvgIpc) is 0.722. The third-order valence-corrected chi connectivity index (χ3v) is 0. The molecule has 0 radical (unpaired) electrons. The minimum atomic E-state index is -5.39. The van der Waals surface area contributed by atoms with E-state index in [1.54, 1.807) is 0 Å². The van der Waals surface area contributed by atoms with Crippen molar-refractivity contribution in [3.8, 4) is 0 Å². The molecule has 0 aromatic rings. The molecule has 0 aliphatic carbocycles. The standard InChI is InChI=1S/Ca.Na.H3O4P/c;;1-5(2,3)4/h;;(H3,1,2,3,4)/q+2;+1;/p-3. The normalized spacial score (nSPS) is 8.43. The quantitative estimate of drug-likeness (QED) is 0.259. The van der Waals surface area contributed by atoms with Crippen LogP contribution in [0.4, 0.5) is 0 Å². The van der Waals surface area contributed by atoms with Gasteiger partial charge < -0.3 is 19.2 Å². The Hall–Kier alpha value is 2.37. The van der Waals surface area contributed by atoms with Crippen LogP contribution in [0.5, 0.6) is 0 Å². The van der Waals surface area contributed by atoms with Crippen molar-refractivity contribution in [3.63, 3.8) is 0 Å². The maximum absolute atomic E-state index is 8.55. The molecule has 0 aliphatic rings. The largest absolute Gasteiger partial charge is 2.00 e. The molecule has 0 heterocycles. The molecule has 4 nitrogen and oxygen atoms in total. The van der Waals surface area contributed by atoms with Gasteiger partial charge in [-0.3, -0.25) is 0 Å². The first-order valence-electron chi connectivity index (χ1n) is 0.730. The molecule has 32 valence electrons. The van der Waals surface area contributed by atoms with Crippen molar-refractivity contribution in [1.82, 2.24) is 0 Å². The van der Waals surface area contributed by atoms with Gasteiger partial charge in [0.2, 0.25) is 0 Å². The average molecular weight is 158 g/mol. The van der Waals surface area contributed by atoms with Crippen LogP contribution in [0.15, 0.2) is 0 Å². The minimum Gasteiger partial charge on any atom is -0.822 e. The SMILES string of the molecule is O=P([O-])([O-])[O-].[Ca+2].[Na+]. The van der Waals surface area contributed by atoms with Gasteiger partial charge in [0.1, 0.15) is 0 Å². The third kappa shape index (κ3) is 60.5. The molecule has 0 aliphatic heterocycles. The van der Waals surface area contributed by atoms with Gasteiger partial charge in [-0.1, -0.05) is 0 Å². The summed E-state index contributed by atoms with van der Waals surface area (Å²) >= 11 is 0. The Labute approximate surface area is 92.8 Å². The summed E-state index contributed by atoms with van der Waals surface area (Å²) in [6.07, 6.45) is 0. The van der Waals surface area contributed by atoms with Crippen LogP contribution in [0.1, 0.15) is 0 Å². The first-order chi connectivity index (χ1) is 2.00. The van der Waals surface area contributed by atoms with Crippen LogP contribution in [-0.4, -0.2) is 37.7 Å². The summed E-state index contributed by atoms with van der Waals surface area (Å²) in [4.78, 5) is 25.6. The van der Waals surface area contributed by atoms with E-state index >= 15 is 0 Å². The van der Waals surface area contributed by atoms with Gasteiger partial charge in [-0.2, -0.15) is 7.82 Å². The molecule has 0 spiro atoms. The van der Waals surface area contributed by atoms with Gasteiger partial charge in [-0.05, 0) is 0 Å². The van der Waals surface area contributed by atoms with Crippen LogP contribution in [0.25, 0.3) is 0 Å². The summed E-state index contributed by atoms with van der Waals surface area (Å²) in [6.45, 7) is 0. The molecule has 0 fully saturated rings. The Bertz CT molecular complexity index is 57.8. The van der Waals surface area contributed by atoms with Gasteiger partial charge in [-0.25, -0.2) is 0 Å². The molecule has 0 unspecified atom stereocenters. The molecular weight excluding hydrogens is 158 g/mol. The van der Waals surface area contributed by atoms with Crippen LogP contribution >= 0.6 is 7.82 Å². The van der Waals surface area contributed by atoms with Gasteiger partial charge in [0.25, 0.3) is 0 Å². The molecule has 0 bridgehead atoms. The Morgan fingerprint density at radius 3 is 1.14 bits per heavy atom. The molecule has 0 saturated carbocycles.